The molecular formula is C48H76N2O17. The lowest BCUT2D eigenvalue weighted by molar-refractivity contribution is -0.418. The summed E-state index contributed by atoms with van der Waals surface area (Å²) in [5, 5.41) is 122. The van der Waals surface area contributed by atoms with E-state index in [0.717, 1.165) is 0 Å². The number of ether oxygens (including phenoxy) is 7. The van der Waals surface area contributed by atoms with Crippen LogP contribution in [0.1, 0.15) is 98.1 Å². The lowest BCUT2D eigenvalue weighted by Gasteiger charge is -2.71. The average Bonchev–Trinajstić information content (AvgIpc) is 3.25. The van der Waals surface area contributed by atoms with Crippen molar-refractivity contribution in [3.8, 4) is 0 Å². The van der Waals surface area contributed by atoms with Gasteiger partial charge in [-0.2, -0.15) is 0 Å². The van der Waals surface area contributed by atoms with Gasteiger partial charge in [-0.15, -0.1) is 0 Å². The molecule has 2 bridgehead atoms. The lowest BCUT2D eigenvalue weighted by Crippen LogP contribution is -2.83. The van der Waals surface area contributed by atoms with Crippen molar-refractivity contribution in [3.63, 3.8) is 0 Å². The fraction of sp³-hybridized carbons (Fsp3) is 0.750. The van der Waals surface area contributed by atoms with E-state index < -0.39 is 139 Å². The van der Waals surface area contributed by atoms with Crippen molar-refractivity contribution >= 4 is 0 Å². The average molecular weight is 953 g/mol. The molecule has 380 valence electrons. The topological polar surface area (TPSA) is 305 Å². The van der Waals surface area contributed by atoms with Crippen LogP contribution in [0.2, 0.25) is 0 Å². The van der Waals surface area contributed by atoms with Crippen LogP contribution in [-0.2, 0) is 33.2 Å². The highest BCUT2D eigenvalue weighted by Gasteiger charge is 2.78. The van der Waals surface area contributed by atoms with E-state index in [9.17, 15) is 51.1 Å². The van der Waals surface area contributed by atoms with Crippen LogP contribution in [0.5, 0.6) is 0 Å². The van der Waals surface area contributed by atoms with Gasteiger partial charge in [-0.3, -0.25) is 5.32 Å². The summed E-state index contributed by atoms with van der Waals surface area (Å²) in [7, 11) is 0. The molecule has 4 fully saturated rings. The highest BCUT2D eigenvalue weighted by molar-refractivity contribution is 5.27. The molecule has 0 radical (unpaired) electrons. The van der Waals surface area contributed by atoms with Crippen molar-refractivity contribution in [3.05, 3.63) is 71.8 Å². The molecule has 3 saturated carbocycles. The van der Waals surface area contributed by atoms with Gasteiger partial charge in [0.25, 0.3) is 0 Å². The zero-order valence-electron chi connectivity index (χ0n) is 39.7. The number of aliphatic hydroxyl groups is 10. The van der Waals surface area contributed by atoms with E-state index in [1.54, 1.807) is 102 Å². The molecule has 13 N–H and O–H groups in total. The van der Waals surface area contributed by atoms with E-state index in [1.807, 2.05) is 6.92 Å². The molecule has 3 aliphatic carbocycles. The summed E-state index contributed by atoms with van der Waals surface area (Å²) in [5.74, 6) is -3.17. The van der Waals surface area contributed by atoms with Crippen LogP contribution in [0.4, 0.5) is 0 Å². The molecule has 1 aliphatic heterocycles. The molecule has 4 aliphatic rings. The van der Waals surface area contributed by atoms with Gasteiger partial charge in [-0.05, 0) is 45.6 Å². The SMILES string of the molecule is CC[C@@]1(C)C2C(O)C(O)C3(C)C(O)CC4OC[C@@]4(OC(C)O)[C@H]3[C@H](OC(O)c3ccccc3)C1(O)C[C@H](OC(O)[C@H](OC(O)COCC(N)O)[C@@H](NC(O)OC(C)(C)C)c1ccccc1)C2C. The fourth-order valence-electron chi connectivity index (χ4n) is 11.8. The Kier molecular flexibility index (Phi) is 17.1. The van der Waals surface area contributed by atoms with Crippen molar-refractivity contribution in [2.45, 2.75) is 178 Å². The van der Waals surface area contributed by atoms with Crippen molar-refractivity contribution < 1.29 is 84.2 Å². The van der Waals surface area contributed by atoms with Gasteiger partial charge in [0.1, 0.15) is 17.9 Å². The second-order valence-corrected chi connectivity index (χ2v) is 20.5. The summed E-state index contributed by atoms with van der Waals surface area (Å²) in [5.41, 5.74) is -1.47. The molecule has 1 heterocycles. The van der Waals surface area contributed by atoms with Crippen molar-refractivity contribution in [2.24, 2.45) is 34.3 Å². The Hall–Kier alpha value is -2.32. The molecule has 21 atom stereocenters. The predicted octanol–water partition coefficient (Wildman–Crippen LogP) is 0.604. The minimum absolute atomic E-state index is 0.0593. The molecule has 14 unspecified atom stereocenters. The Bertz CT molecular complexity index is 1860. The van der Waals surface area contributed by atoms with Crippen LogP contribution in [0.25, 0.3) is 0 Å². The summed E-state index contributed by atoms with van der Waals surface area (Å²) in [4.78, 5) is 0. The van der Waals surface area contributed by atoms with E-state index >= 15 is 0 Å². The Morgan fingerprint density at radius 2 is 1.51 bits per heavy atom. The van der Waals surface area contributed by atoms with Crippen LogP contribution in [-0.4, -0.2) is 162 Å². The molecule has 67 heavy (non-hydrogen) atoms. The second-order valence-electron chi connectivity index (χ2n) is 20.5. The van der Waals surface area contributed by atoms with E-state index in [4.69, 9.17) is 38.9 Å². The van der Waals surface area contributed by atoms with Gasteiger partial charge in [0.05, 0.1) is 73.7 Å². The Morgan fingerprint density at radius 1 is 0.896 bits per heavy atom. The van der Waals surface area contributed by atoms with Crippen molar-refractivity contribution in [1.82, 2.24) is 5.32 Å². The number of hydrogen-bond acceptors (Lipinski definition) is 19. The maximum absolute atomic E-state index is 14.0. The Morgan fingerprint density at radius 3 is 2.04 bits per heavy atom. The van der Waals surface area contributed by atoms with Crippen molar-refractivity contribution in [2.75, 3.05) is 19.8 Å². The number of benzene rings is 2. The first-order valence-corrected chi connectivity index (χ1v) is 23.3. The fourth-order valence-corrected chi connectivity index (χ4v) is 11.8. The minimum Gasteiger partial charge on any atom is -0.392 e. The first-order chi connectivity index (χ1) is 31.3. The van der Waals surface area contributed by atoms with Crippen LogP contribution in [0.15, 0.2) is 60.7 Å². The van der Waals surface area contributed by atoms with Gasteiger partial charge in [0, 0.05) is 41.1 Å². The monoisotopic (exact) mass is 953 g/mol. The first-order valence-electron chi connectivity index (χ1n) is 23.3. The van der Waals surface area contributed by atoms with Gasteiger partial charge in [0.2, 0.25) is 6.41 Å². The third-order valence-electron chi connectivity index (χ3n) is 15.1. The molecule has 19 heteroatoms. The number of rotatable bonds is 20. The van der Waals surface area contributed by atoms with Crippen LogP contribution < -0.4 is 11.1 Å². The smallest absolute Gasteiger partial charge is 0.214 e. The highest BCUT2D eigenvalue weighted by atomic mass is 16.7. The number of fused-ring (bicyclic) bond motifs is 5. The van der Waals surface area contributed by atoms with E-state index in [0.29, 0.717) is 11.1 Å². The van der Waals surface area contributed by atoms with E-state index in [2.05, 4.69) is 5.32 Å². The quantitative estimate of drug-likeness (QED) is 0.0809. The second kappa shape index (κ2) is 21.2. The summed E-state index contributed by atoms with van der Waals surface area (Å²) in [6.45, 7) is 12.4. The molecule has 0 spiro atoms. The van der Waals surface area contributed by atoms with Gasteiger partial charge >= 0.3 is 0 Å². The standard InChI is InChI=1S/C48H76N2O17/c1-9-45(7)34-25(2)29(63-42(58)37(64-33(54)23-61-22-32(49)53)35(27-16-12-10-13-17-27)50-43(59)67-44(4,5)6)21-48(45,60)40(65-41(57)28-18-14-11-15-19-28)38-46(8,39(56)36(34)55)30(52)20-31-47(38,24-62-31)66-26(3)51/h10-19,25-26,29-43,50-60H,9,20-24,49H2,1-8H3/t25?,26?,29-,30?,31?,32?,33?,34?,35-,36?,37+,38-,39?,40-,41?,42?,43?,45-,46?,47-,48?/m0/s1. The predicted molar refractivity (Wildman–Crippen MR) is 238 cm³/mol. The molecule has 0 aromatic heterocycles. The minimum atomic E-state index is -2.18. The molecule has 19 nitrogen and oxygen atoms in total. The molecule has 1 saturated heterocycles. The van der Waals surface area contributed by atoms with Gasteiger partial charge in [-0.25, -0.2) is 0 Å². The third kappa shape index (κ3) is 10.7. The summed E-state index contributed by atoms with van der Waals surface area (Å²) in [6, 6.07) is 15.8. The largest absolute Gasteiger partial charge is 0.392 e. The maximum atomic E-state index is 14.0. The molecule has 6 rings (SSSR count). The Balaban J connectivity index is 1.50. The summed E-state index contributed by atoms with van der Waals surface area (Å²) < 4.78 is 43.0. The molecule has 2 aromatic rings. The van der Waals surface area contributed by atoms with Crippen LogP contribution in [0, 0.1) is 28.6 Å². The lowest BCUT2D eigenvalue weighted by atomic mass is 9.41. The normalized spacial score (nSPS) is 38.9. The number of hydrogen-bond donors (Lipinski definition) is 12. The van der Waals surface area contributed by atoms with Gasteiger partial charge < -0.3 is 90.0 Å². The van der Waals surface area contributed by atoms with Gasteiger partial charge in [0.15, 0.2) is 25.2 Å². The third-order valence-corrected chi connectivity index (χ3v) is 15.1. The number of nitrogens with one attached hydrogen (secondary N) is 1. The van der Waals surface area contributed by atoms with Gasteiger partial charge in [-0.1, -0.05) is 88.4 Å². The molecule has 0 amide bonds. The molecular weight excluding hydrogens is 877 g/mol. The maximum Gasteiger partial charge on any atom is 0.214 e. The van der Waals surface area contributed by atoms with Crippen LogP contribution >= 0.6 is 0 Å². The van der Waals surface area contributed by atoms with E-state index in [-0.39, 0.29) is 32.5 Å². The highest BCUT2D eigenvalue weighted by Crippen LogP contribution is 2.67. The summed E-state index contributed by atoms with van der Waals surface area (Å²) in [6.07, 6.45) is -20.2. The van der Waals surface area contributed by atoms with E-state index in [1.165, 1.54) is 6.92 Å². The van der Waals surface area contributed by atoms with Crippen LogP contribution in [0.3, 0.4) is 0 Å². The van der Waals surface area contributed by atoms with Crippen molar-refractivity contribution in [1.29, 1.82) is 0 Å². The zero-order valence-corrected chi connectivity index (χ0v) is 39.7. The number of aliphatic hydroxyl groups excluding tert-OH is 9. The number of nitrogens with two attached hydrogens (primary N) is 1. The zero-order chi connectivity index (χ0) is 49.4. The molecule has 2 aromatic carbocycles. The summed E-state index contributed by atoms with van der Waals surface area (Å²) >= 11 is 0. The Labute approximate surface area is 392 Å². The first kappa shape index (κ1) is 54.0.